The van der Waals surface area contributed by atoms with E-state index in [-0.39, 0.29) is 6.61 Å². The quantitative estimate of drug-likeness (QED) is 0.642. The molecule has 0 rings (SSSR count). The van der Waals surface area contributed by atoms with Crippen LogP contribution in [0.15, 0.2) is 0 Å². The van der Waals surface area contributed by atoms with Crippen molar-refractivity contribution in [2.75, 3.05) is 26.9 Å². The van der Waals surface area contributed by atoms with Crippen LogP contribution >= 0.6 is 0 Å². The van der Waals surface area contributed by atoms with Gasteiger partial charge in [0.15, 0.2) is 0 Å². The number of aliphatic hydroxyl groups excluding tert-OH is 1. The van der Waals surface area contributed by atoms with Crippen molar-refractivity contribution in [1.82, 2.24) is 4.90 Å². The predicted octanol–water partition coefficient (Wildman–Crippen LogP) is 1.22. The third-order valence-electron chi connectivity index (χ3n) is 3.40. The minimum absolute atomic E-state index is 0.0238. The number of hydrogen-bond acceptors (Lipinski definition) is 4. The molecule has 0 amide bonds. The summed E-state index contributed by atoms with van der Waals surface area (Å²) < 4.78 is 5.15. The van der Waals surface area contributed by atoms with Gasteiger partial charge in [0, 0.05) is 31.3 Å². The Kier molecular flexibility index (Phi) is 7.96. The standard InChI is InChI=1S/C13H30N2O2/c1-6-11(2)15(7-8-17-5)12(3)9-13(4,14)10-16/h11-12,16H,6-10,14H2,1-5H3. The molecular formula is C13H30N2O2. The summed E-state index contributed by atoms with van der Waals surface area (Å²) in [6.45, 7) is 10.1. The van der Waals surface area contributed by atoms with E-state index in [1.54, 1.807) is 7.11 Å². The van der Waals surface area contributed by atoms with Gasteiger partial charge in [0.1, 0.15) is 0 Å². The summed E-state index contributed by atoms with van der Waals surface area (Å²) in [6, 6.07) is 0.858. The molecule has 0 aromatic carbocycles. The van der Waals surface area contributed by atoms with Gasteiger partial charge in [0.2, 0.25) is 0 Å². The molecule has 0 aromatic rings. The van der Waals surface area contributed by atoms with Gasteiger partial charge in [-0.3, -0.25) is 4.90 Å². The zero-order valence-corrected chi connectivity index (χ0v) is 12.1. The van der Waals surface area contributed by atoms with Crippen molar-refractivity contribution in [1.29, 1.82) is 0 Å². The highest BCUT2D eigenvalue weighted by Gasteiger charge is 2.26. The minimum atomic E-state index is -0.502. The lowest BCUT2D eigenvalue weighted by molar-refractivity contribution is 0.0732. The first-order valence-electron chi connectivity index (χ1n) is 6.52. The molecule has 0 aliphatic carbocycles. The second kappa shape index (κ2) is 8.03. The summed E-state index contributed by atoms with van der Waals surface area (Å²) in [7, 11) is 1.72. The maximum Gasteiger partial charge on any atom is 0.0609 e. The molecule has 4 nitrogen and oxygen atoms in total. The number of rotatable bonds is 9. The summed E-state index contributed by atoms with van der Waals surface area (Å²) in [5.74, 6) is 0. The Morgan fingerprint density at radius 1 is 1.35 bits per heavy atom. The summed E-state index contributed by atoms with van der Waals surface area (Å²) >= 11 is 0. The molecule has 17 heavy (non-hydrogen) atoms. The summed E-state index contributed by atoms with van der Waals surface area (Å²) in [5.41, 5.74) is 5.52. The fourth-order valence-corrected chi connectivity index (χ4v) is 2.16. The SMILES string of the molecule is CCC(C)N(CCOC)C(C)CC(C)(N)CO. The molecule has 0 fully saturated rings. The van der Waals surface area contributed by atoms with Crippen molar-refractivity contribution >= 4 is 0 Å². The summed E-state index contributed by atoms with van der Waals surface area (Å²) in [5, 5.41) is 9.23. The highest BCUT2D eigenvalue weighted by Crippen LogP contribution is 2.17. The topological polar surface area (TPSA) is 58.7 Å². The van der Waals surface area contributed by atoms with Crippen molar-refractivity contribution in [2.45, 2.75) is 58.2 Å². The molecule has 4 heteroatoms. The molecule has 3 unspecified atom stereocenters. The monoisotopic (exact) mass is 246 g/mol. The number of aliphatic hydroxyl groups is 1. The van der Waals surface area contributed by atoms with E-state index in [2.05, 4.69) is 25.7 Å². The van der Waals surface area contributed by atoms with Crippen LogP contribution in [0.2, 0.25) is 0 Å². The van der Waals surface area contributed by atoms with Crippen LogP contribution in [0.5, 0.6) is 0 Å². The third-order valence-corrected chi connectivity index (χ3v) is 3.40. The van der Waals surface area contributed by atoms with E-state index in [4.69, 9.17) is 10.5 Å². The Balaban J connectivity index is 4.45. The molecule has 0 saturated carbocycles. The summed E-state index contributed by atoms with van der Waals surface area (Å²) in [6.07, 6.45) is 1.89. The number of nitrogens with zero attached hydrogens (tertiary/aromatic N) is 1. The van der Waals surface area contributed by atoms with Crippen molar-refractivity contribution < 1.29 is 9.84 Å². The number of ether oxygens (including phenoxy) is 1. The average Bonchev–Trinajstić information content (AvgIpc) is 2.28. The normalized spacial score (nSPS) is 19.1. The molecule has 0 spiro atoms. The second-order valence-corrected chi connectivity index (χ2v) is 5.35. The molecular weight excluding hydrogens is 216 g/mol. The van der Waals surface area contributed by atoms with Gasteiger partial charge < -0.3 is 15.6 Å². The van der Waals surface area contributed by atoms with Crippen LogP contribution in [0.25, 0.3) is 0 Å². The minimum Gasteiger partial charge on any atom is -0.394 e. The van der Waals surface area contributed by atoms with Crippen LogP contribution in [-0.2, 0) is 4.74 Å². The van der Waals surface area contributed by atoms with Crippen LogP contribution in [0, 0.1) is 0 Å². The molecule has 0 radical (unpaired) electrons. The molecule has 0 heterocycles. The largest absolute Gasteiger partial charge is 0.394 e. The molecule has 0 bridgehead atoms. The first-order chi connectivity index (χ1) is 7.87. The van der Waals surface area contributed by atoms with Gasteiger partial charge in [-0.15, -0.1) is 0 Å². The number of methoxy groups -OCH3 is 1. The second-order valence-electron chi connectivity index (χ2n) is 5.35. The van der Waals surface area contributed by atoms with Crippen LogP contribution in [-0.4, -0.2) is 54.5 Å². The van der Waals surface area contributed by atoms with Gasteiger partial charge in [0.05, 0.1) is 13.2 Å². The van der Waals surface area contributed by atoms with Gasteiger partial charge in [-0.05, 0) is 33.6 Å². The number of hydrogen-bond donors (Lipinski definition) is 2. The van der Waals surface area contributed by atoms with Crippen LogP contribution < -0.4 is 5.73 Å². The van der Waals surface area contributed by atoms with Crippen LogP contribution in [0.1, 0.15) is 40.5 Å². The van der Waals surface area contributed by atoms with Gasteiger partial charge in [-0.1, -0.05) is 6.92 Å². The maximum absolute atomic E-state index is 9.23. The summed E-state index contributed by atoms with van der Waals surface area (Å²) in [4.78, 5) is 2.41. The Morgan fingerprint density at radius 3 is 2.35 bits per heavy atom. The van der Waals surface area contributed by atoms with Crippen molar-refractivity contribution in [3.63, 3.8) is 0 Å². The molecule has 3 atom stereocenters. The predicted molar refractivity (Wildman–Crippen MR) is 72.1 cm³/mol. The van der Waals surface area contributed by atoms with Gasteiger partial charge >= 0.3 is 0 Å². The van der Waals surface area contributed by atoms with E-state index in [9.17, 15) is 5.11 Å². The lowest BCUT2D eigenvalue weighted by Gasteiger charge is -2.37. The Morgan fingerprint density at radius 2 is 1.94 bits per heavy atom. The van der Waals surface area contributed by atoms with E-state index in [0.717, 1.165) is 26.0 Å². The number of nitrogens with two attached hydrogens (primary N) is 1. The maximum atomic E-state index is 9.23. The molecule has 0 aromatic heterocycles. The Hall–Kier alpha value is -0.160. The van der Waals surface area contributed by atoms with E-state index >= 15 is 0 Å². The molecule has 104 valence electrons. The lowest BCUT2D eigenvalue weighted by atomic mass is 9.94. The fraction of sp³-hybridized carbons (Fsp3) is 1.00. The first kappa shape index (κ1) is 16.8. The van der Waals surface area contributed by atoms with Gasteiger partial charge in [-0.25, -0.2) is 0 Å². The van der Waals surface area contributed by atoms with E-state index in [0.29, 0.717) is 12.1 Å². The van der Waals surface area contributed by atoms with E-state index < -0.39 is 5.54 Å². The Labute approximate surface area is 106 Å². The molecule has 0 saturated heterocycles. The van der Waals surface area contributed by atoms with E-state index in [1.165, 1.54) is 0 Å². The highest BCUT2D eigenvalue weighted by atomic mass is 16.5. The van der Waals surface area contributed by atoms with Crippen molar-refractivity contribution in [3.8, 4) is 0 Å². The average molecular weight is 246 g/mol. The first-order valence-corrected chi connectivity index (χ1v) is 6.52. The smallest absolute Gasteiger partial charge is 0.0609 e. The van der Waals surface area contributed by atoms with Crippen molar-refractivity contribution in [2.24, 2.45) is 5.73 Å². The lowest BCUT2D eigenvalue weighted by Crippen LogP contribution is -2.50. The van der Waals surface area contributed by atoms with Gasteiger partial charge in [-0.2, -0.15) is 0 Å². The van der Waals surface area contributed by atoms with Gasteiger partial charge in [0.25, 0.3) is 0 Å². The molecule has 3 N–H and O–H groups in total. The zero-order chi connectivity index (χ0) is 13.5. The molecule has 0 aliphatic rings. The van der Waals surface area contributed by atoms with Crippen molar-refractivity contribution in [3.05, 3.63) is 0 Å². The molecule has 0 aliphatic heterocycles. The fourth-order valence-electron chi connectivity index (χ4n) is 2.16. The zero-order valence-electron chi connectivity index (χ0n) is 12.1. The van der Waals surface area contributed by atoms with Crippen LogP contribution in [0.4, 0.5) is 0 Å². The highest BCUT2D eigenvalue weighted by molar-refractivity contribution is 4.85. The Bertz CT molecular complexity index is 198. The van der Waals surface area contributed by atoms with Crippen LogP contribution in [0.3, 0.4) is 0 Å². The third kappa shape index (κ3) is 6.36. The van der Waals surface area contributed by atoms with E-state index in [1.807, 2.05) is 6.92 Å².